The van der Waals surface area contributed by atoms with Crippen LogP contribution in [0.4, 0.5) is 0 Å². The summed E-state index contributed by atoms with van der Waals surface area (Å²) < 4.78 is 24.1. The number of nitrogens with one attached hydrogen (secondary N) is 1. The summed E-state index contributed by atoms with van der Waals surface area (Å²) >= 11 is 1.23. The van der Waals surface area contributed by atoms with E-state index in [4.69, 9.17) is 18.9 Å². The van der Waals surface area contributed by atoms with Gasteiger partial charge < -0.3 is 39.6 Å². The third-order valence-corrected chi connectivity index (χ3v) is 14.3. The maximum Gasteiger partial charge on any atom is 0.338 e. The van der Waals surface area contributed by atoms with Crippen molar-refractivity contribution in [2.45, 2.75) is 121 Å². The molecule has 1 aliphatic heterocycles. The lowest BCUT2D eigenvalue weighted by Crippen LogP contribution is -2.73. The number of ether oxygens (including phenoxy) is 4. The molecule has 14 heteroatoms. The molecule has 0 spiro atoms. The minimum atomic E-state index is -2.06. The molecule has 302 valence electrons. The number of aliphatic hydroxyl groups is 3. The van der Waals surface area contributed by atoms with Crippen molar-refractivity contribution in [1.29, 1.82) is 0 Å². The van der Waals surface area contributed by atoms with Crippen molar-refractivity contribution in [2.24, 2.45) is 29.1 Å². The normalized spacial score (nSPS) is 35.3. The fraction of sp³-hybridized carbons (Fsp3) is 0.595. The highest BCUT2D eigenvalue weighted by molar-refractivity contribution is 7.12. The van der Waals surface area contributed by atoms with Gasteiger partial charge >= 0.3 is 17.9 Å². The summed E-state index contributed by atoms with van der Waals surface area (Å²) in [6.07, 6.45) is -4.06. The van der Waals surface area contributed by atoms with Crippen LogP contribution in [0, 0.1) is 29.1 Å². The van der Waals surface area contributed by atoms with E-state index in [1.807, 2.05) is 0 Å². The second kappa shape index (κ2) is 15.8. The topological polar surface area (TPSA) is 195 Å². The molecule has 3 saturated carbocycles. The van der Waals surface area contributed by atoms with Crippen LogP contribution in [0.15, 0.2) is 59.0 Å². The first-order valence-corrected chi connectivity index (χ1v) is 20.5. The van der Waals surface area contributed by atoms with Crippen LogP contribution < -0.4 is 5.32 Å². The summed E-state index contributed by atoms with van der Waals surface area (Å²) in [7, 11) is 0. The second-order valence-electron chi connectivity index (χ2n) is 16.4. The minimum absolute atomic E-state index is 0.102. The molecule has 1 aromatic heterocycles. The van der Waals surface area contributed by atoms with Crippen LogP contribution >= 0.6 is 11.3 Å². The lowest BCUT2D eigenvalue weighted by molar-refractivity contribution is -0.269. The van der Waals surface area contributed by atoms with Crippen molar-refractivity contribution in [2.75, 3.05) is 6.61 Å². The van der Waals surface area contributed by atoms with Gasteiger partial charge in [0.2, 0.25) is 0 Å². The molecule has 4 fully saturated rings. The molecular formula is C42H51NO12S. The van der Waals surface area contributed by atoms with Crippen molar-refractivity contribution in [1.82, 2.24) is 5.32 Å². The molecule has 4 N–H and O–H groups in total. The molecule has 12 atom stereocenters. The Kier molecular flexibility index (Phi) is 11.3. The summed E-state index contributed by atoms with van der Waals surface area (Å²) in [6, 6.07) is 10.6. The van der Waals surface area contributed by atoms with E-state index in [0.717, 1.165) is 26.2 Å². The van der Waals surface area contributed by atoms with E-state index in [2.05, 4.69) is 5.32 Å². The Morgan fingerprint density at radius 1 is 1.02 bits per heavy atom. The third-order valence-electron chi connectivity index (χ3n) is 13.4. The Bertz CT molecular complexity index is 1860. The van der Waals surface area contributed by atoms with Crippen LogP contribution in [-0.2, 0) is 33.3 Å². The van der Waals surface area contributed by atoms with Gasteiger partial charge in [-0.1, -0.05) is 50.5 Å². The van der Waals surface area contributed by atoms with Crippen molar-refractivity contribution >= 4 is 40.9 Å². The van der Waals surface area contributed by atoms with Crippen LogP contribution in [-0.4, -0.2) is 99.8 Å². The highest BCUT2D eigenvalue weighted by Gasteiger charge is 2.70. The molecule has 56 heavy (non-hydrogen) atoms. The minimum Gasteiger partial charge on any atom is -0.456 e. The maximum absolute atomic E-state index is 15.1. The molecule has 1 amide bonds. The largest absolute Gasteiger partial charge is 0.456 e. The monoisotopic (exact) mass is 793 g/mol. The summed E-state index contributed by atoms with van der Waals surface area (Å²) in [6.45, 7) is 6.14. The van der Waals surface area contributed by atoms with Crippen molar-refractivity contribution in [3.05, 3.63) is 69.4 Å². The average Bonchev–Trinajstić information content (AvgIpc) is 3.73. The Hall–Kier alpha value is -3.95. The number of hydrogen-bond acceptors (Lipinski definition) is 13. The number of aliphatic hydroxyl groups excluding tert-OH is 2. The Morgan fingerprint density at radius 2 is 1.73 bits per heavy atom. The zero-order valence-electron chi connectivity index (χ0n) is 32.1. The van der Waals surface area contributed by atoms with Crippen LogP contribution in [0.3, 0.4) is 0 Å². The van der Waals surface area contributed by atoms with Crippen molar-refractivity contribution in [3.8, 4) is 0 Å². The van der Waals surface area contributed by atoms with E-state index in [1.165, 1.54) is 11.3 Å². The van der Waals surface area contributed by atoms with Gasteiger partial charge in [0.1, 0.15) is 17.8 Å². The molecular weight excluding hydrogens is 743 g/mol. The SMILES string of the molecule is CC(=O)O[C@H]1C(=O)[C@@]2(C)[C@@H]([C@@H]3CO[C@@H]3C[C@@H]2O)[C@H](OC(=O)c2ccccc2)[C@]2(O)C[C@H](OC(=O)[C@H](O)C(NC(=O)c3cccs3)C3CCCCC3)C(C)=C1[C@H]2C. The first-order chi connectivity index (χ1) is 26.7. The number of thiophene rings is 1. The lowest BCUT2D eigenvalue weighted by Gasteiger charge is -2.62. The molecule has 2 aromatic rings. The number of ketones is 1. The average molecular weight is 794 g/mol. The number of amides is 1. The van der Waals surface area contributed by atoms with Gasteiger partial charge in [-0.25, -0.2) is 9.59 Å². The molecule has 1 saturated heterocycles. The molecule has 1 unspecified atom stereocenters. The highest BCUT2D eigenvalue weighted by Crippen LogP contribution is 2.59. The van der Waals surface area contributed by atoms with Crippen molar-refractivity contribution in [3.63, 3.8) is 0 Å². The van der Waals surface area contributed by atoms with Gasteiger partial charge in [0.15, 0.2) is 18.0 Å². The molecule has 0 radical (unpaired) electrons. The molecule has 7 rings (SSSR count). The van der Waals surface area contributed by atoms with E-state index >= 15 is 4.79 Å². The number of fused-ring (bicyclic) bond motifs is 5. The number of Topliss-reactive ketones (excluding diaryl/α,β-unsaturated/α-hetero) is 1. The van der Waals surface area contributed by atoms with Gasteiger partial charge in [-0.15, -0.1) is 11.3 Å². The third kappa shape index (κ3) is 7.01. The van der Waals surface area contributed by atoms with Crippen LogP contribution in [0.1, 0.15) is 92.7 Å². The van der Waals surface area contributed by atoms with Gasteiger partial charge in [0.25, 0.3) is 5.91 Å². The summed E-state index contributed by atoms with van der Waals surface area (Å²) in [5.41, 5.74) is -3.08. The Labute approximate surface area is 329 Å². The van der Waals surface area contributed by atoms with E-state index in [9.17, 15) is 34.5 Å². The number of hydrogen-bond donors (Lipinski definition) is 4. The van der Waals surface area contributed by atoms with Gasteiger partial charge in [0, 0.05) is 37.5 Å². The van der Waals surface area contributed by atoms with Gasteiger partial charge in [0.05, 0.1) is 40.7 Å². The first-order valence-electron chi connectivity index (χ1n) is 19.6. The molecule has 2 heterocycles. The molecule has 2 bridgehead atoms. The molecule has 4 aliphatic carbocycles. The molecule has 13 nitrogen and oxygen atoms in total. The quantitative estimate of drug-likeness (QED) is 0.163. The Balaban J connectivity index is 1.30. The number of carbonyl (C=O) groups is 5. The zero-order valence-corrected chi connectivity index (χ0v) is 32.9. The summed E-state index contributed by atoms with van der Waals surface area (Å²) in [5, 5.41) is 41.4. The van der Waals surface area contributed by atoms with Crippen molar-refractivity contribution < 1.29 is 58.2 Å². The maximum atomic E-state index is 15.1. The lowest BCUT2D eigenvalue weighted by atomic mass is 9.48. The fourth-order valence-corrected chi connectivity index (χ4v) is 10.8. The molecule has 5 aliphatic rings. The van der Waals surface area contributed by atoms with E-state index in [-0.39, 0.29) is 36.5 Å². The molecule has 1 aromatic carbocycles. The number of esters is 3. The second-order valence-corrected chi connectivity index (χ2v) is 17.4. The first kappa shape index (κ1) is 40.3. The van der Waals surface area contributed by atoms with E-state index in [1.54, 1.807) is 68.6 Å². The van der Waals surface area contributed by atoms with Crippen LogP contribution in [0.2, 0.25) is 0 Å². The standard InChI is InChI=1S/C42H51NO12S/c1-21-28(54-40(50)34(46)33(24-12-7-5-8-13-24)43-38(48)29-16-11-17-56-29)19-42(51)22(2)31(21)35(53-23(3)44)36(47)41(4)30(45)18-27-26(20-52-27)32(41)37(42)55-39(49)25-14-9-6-10-15-25/h6,9-11,14-17,22,24,26-28,30,32-35,37,45-46,51H,5,7-8,12-13,18-20H2,1-4H3,(H,43,48)/t22-,26-,27-,28+,30+,32+,33?,34-,35-,37+,41-,42+/m1/s1. The van der Waals surface area contributed by atoms with E-state index in [0.29, 0.717) is 23.3 Å². The predicted octanol–water partition coefficient (Wildman–Crippen LogP) is 3.93. The Morgan fingerprint density at radius 3 is 2.36 bits per heavy atom. The van der Waals surface area contributed by atoms with Gasteiger partial charge in [-0.05, 0) is 67.3 Å². The van der Waals surface area contributed by atoms with Crippen LogP contribution in [0.25, 0.3) is 0 Å². The predicted molar refractivity (Wildman–Crippen MR) is 201 cm³/mol. The number of benzene rings is 1. The van der Waals surface area contributed by atoms with Gasteiger partial charge in [-0.2, -0.15) is 0 Å². The van der Waals surface area contributed by atoms with Gasteiger partial charge in [-0.3, -0.25) is 14.4 Å². The highest BCUT2D eigenvalue weighted by atomic mass is 32.1. The van der Waals surface area contributed by atoms with Crippen LogP contribution in [0.5, 0.6) is 0 Å². The zero-order chi connectivity index (χ0) is 40.1. The van der Waals surface area contributed by atoms with E-state index < -0.39 is 101 Å². The smallest absolute Gasteiger partial charge is 0.338 e. The summed E-state index contributed by atoms with van der Waals surface area (Å²) in [4.78, 5) is 69.6. The number of carbonyl (C=O) groups excluding carboxylic acids is 5. The fourth-order valence-electron chi connectivity index (χ4n) is 10.2. The summed E-state index contributed by atoms with van der Waals surface area (Å²) in [5.74, 6) is -6.32. The number of rotatable bonds is 9.